The zero-order chi connectivity index (χ0) is 19.3. The van der Waals surface area contributed by atoms with Crippen LogP contribution in [0, 0.1) is 0 Å². The van der Waals surface area contributed by atoms with Crippen LogP contribution in [0.25, 0.3) is 0 Å². The molecule has 0 heterocycles. The Hall–Kier alpha value is -2.05. The number of amides is 1. The molecule has 0 radical (unpaired) electrons. The van der Waals surface area contributed by atoms with E-state index in [0.29, 0.717) is 17.1 Å². The smallest absolute Gasteiger partial charge is 0.306 e. The molecule has 0 aliphatic rings. The van der Waals surface area contributed by atoms with Gasteiger partial charge in [-0.15, -0.1) is 0 Å². The Morgan fingerprint density at radius 1 is 1.15 bits per heavy atom. The Bertz CT molecular complexity index is 865. The van der Waals surface area contributed by atoms with Crippen molar-refractivity contribution in [3.63, 3.8) is 0 Å². The van der Waals surface area contributed by atoms with Crippen LogP contribution in [0.4, 0.5) is 0 Å². The summed E-state index contributed by atoms with van der Waals surface area (Å²) < 4.78 is 27.2. The van der Waals surface area contributed by atoms with Crippen LogP contribution >= 0.6 is 11.6 Å². The highest BCUT2D eigenvalue weighted by molar-refractivity contribution is 7.86. The van der Waals surface area contributed by atoms with Gasteiger partial charge in [0.1, 0.15) is 5.75 Å². The molecule has 0 aromatic heterocycles. The molecule has 26 heavy (non-hydrogen) atoms. The first kappa shape index (κ1) is 20.3. The fourth-order valence-corrected chi connectivity index (χ4v) is 3.14. The van der Waals surface area contributed by atoms with E-state index in [1.54, 1.807) is 53.4 Å². The number of halogens is 1. The summed E-state index contributed by atoms with van der Waals surface area (Å²) in [6, 6.07) is 13.6. The number of carbonyl (C=O) groups excluding carboxylic acids is 1. The zero-order valence-corrected chi connectivity index (χ0v) is 16.5. The molecule has 1 unspecified atom stereocenters. The lowest BCUT2D eigenvalue weighted by atomic mass is 10.1. The van der Waals surface area contributed by atoms with Crippen LogP contribution in [-0.2, 0) is 16.7 Å². The summed E-state index contributed by atoms with van der Waals surface area (Å²) in [6.07, 6.45) is 1.79. The third kappa shape index (κ3) is 5.47. The lowest BCUT2D eigenvalue weighted by molar-refractivity contribution is 0.0672. The van der Waals surface area contributed by atoms with E-state index in [1.165, 1.54) is 0 Å². The summed E-state index contributed by atoms with van der Waals surface area (Å²) in [4.78, 5) is 14.7. The van der Waals surface area contributed by atoms with Gasteiger partial charge in [-0.05, 0) is 43.2 Å². The highest BCUT2D eigenvalue weighted by Gasteiger charge is 2.22. The molecule has 2 aromatic carbocycles. The third-order valence-electron chi connectivity index (χ3n) is 4.01. The molecule has 7 heteroatoms. The summed E-state index contributed by atoms with van der Waals surface area (Å²) in [5.41, 5.74) is 1.33. The van der Waals surface area contributed by atoms with Gasteiger partial charge in [-0.3, -0.25) is 4.79 Å². The van der Waals surface area contributed by atoms with Crippen LogP contribution in [0.15, 0.2) is 48.5 Å². The highest BCUT2D eigenvalue weighted by atomic mass is 35.5. The van der Waals surface area contributed by atoms with Crippen LogP contribution in [0.1, 0.15) is 36.2 Å². The zero-order valence-electron chi connectivity index (χ0n) is 15.0. The second-order valence-electron chi connectivity index (χ2n) is 6.10. The first-order valence-electron chi connectivity index (χ1n) is 8.25. The van der Waals surface area contributed by atoms with Gasteiger partial charge in [-0.25, -0.2) is 0 Å². The van der Waals surface area contributed by atoms with Crippen LogP contribution in [0.5, 0.6) is 5.75 Å². The summed E-state index contributed by atoms with van der Waals surface area (Å²) in [5.74, 6) is 0.102. The molecular formula is C19H22ClNO4S. The minimum Gasteiger partial charge on any atom is -0.383 e. The molecule has 0 fully saturated rings. The Labute approximate surface area is 159 Å². The normalized spacial score (nSPS) is 12.5. The monoisotopic (exact) mass is 395 g/mol. The van der Waals surface area contributed by atoms with Gasteiger partial charge in [0.2, 0.25) is 0 Å². The predicted molar refractivity (Wildman–Crippen MR) is 103 cm³/mol. The third-order valence-corrected chi connectivity index (χ3v) is 4.84. The van der Waals surface area contributed by atoms with E-state index in [4.69, 9.17) is 15.8 Å². The number of carbonyl (C=O) groups is 1. The van der Waals surface area contributed by atoms with Gasteiger partial charge in [0.15, 0.2) is 0 Å². The Balaban J connectivity index is 2.23. The van der Waals surface area contributed by atoms with Crippen molar-refractivity contribution < 1.29 is 17.4 Å². The van der Waals surface area contributed by atoms with Crippen molar-refractivity contribution in [1.29, 1.82) is 0 Å². The molecule has 0 bridgehead atoms. The number of hydrogen-bond donors (Lipinski definition) is 0. The average molecular weight is 396 g/mol. The van der Waals surface area contributed by atoms with Crippen molar-refractivity contribution in [3.8, 4) is 5.75 Å². The second kappa shape index (κ2) is 8.56. The molecule has 1 amide bonds. The lowest BCUT2D eigenvalue weighted by Gasteiger charge is -2.29. The number of rotatable bonds is 7. The Morgan fingerprint density at radius 3 is 2.31 bits per heavy atom. The summed E-state index contributed by atoms with van der Waals surface area (Å²) in [5, 5.41) is 0.419. The average Bonchev–Trinajstić information content (AvgIpc) is 2.59. The van der Waals surface area contributed by atoms with Crippen molar-refractivity contribution in [2.75, 3.05) is 6.26 Å². The topological polar surface area (TPSA) is 63.7 Å². The van der Waals surface area contributed by atoms with Gasteiger partial charge in [0.05, 0.1) is 16.8 Å². The maximum atomic E-state index is 13.0. The Kier molecular flexibility index (Phi) is 6.67. The molecule has 2 aromatic rings. The van der Waals surface area contributed by atoms with Gasteiger partial charge in [-0.1, -0.05) is 42.8 Å². The molecule has 0 N–H and O–H groups in total. The first-order valence-corrected chi connectivity index (χ1v) is 10.4. The molecule has 0 aliphatic heterocycles. The van der Waals surface area contributed by atoms with Crippen molar-refractivity contribution in [2.45, 2.75) is 32.9 Å². The molecule has 2 rings (SSSR count). The molecule has 0 saturated carbocycles. The van der Waals surface area contributed by atoms with Crippen LogP contribution < -0.4 is 4.18 Å². The molecule has 1 atom stereocenters. The maximum absolute atomic E-state index is 13.0. The molecule has 0 spiro atoms. The summed E-state index contributed by atoms with van der Waals surface area (Å²) >= 11 is 6.18. The highest BCUT2D eigenvalue weighted by Crippen LogP contribution is 2.22. The van der Waals surface area contributed by atoms with Gasteiger partial charge in [0, 0.05) is 12.6 Å². The van der Waals surface area contributed by atoms with Gasteiger partial charge in [0.25, 0.3) is 5.91 Å². The minimum atomic E-state index is -3.56. The number of hydrogen-bond acceptors (Lipinski definition) is 4. The minimum absolute atomic E-state index is 0.0192. The summed E-state index contributed by atoms with van der Waals surface area (Å²) in [6.45, 7) is 4.38. The standard InChI is InChI=1S/C19H22ClNO4S/c1-4-14(2)21(19(22)17-7-5-6-8-18(17)20)13-15-9-11-16(12-10-15)25-26(3,23)24/h5-12,14H,4,13H2,1-3H3. The lowest BCUT2D eigenvalue weighted by Crippen LogP contribution is -2.37. The van der Waals surface area contributed by atoms with Crippen LogP contribution in [-0.4, -0.2) is 31.5 Å². The van der Waals surface area contributed by atoms with Crippen molar-refractivity contribution in [2.24, 2.45) is 0 Å². The fraction of sp³-hybridized carbons (Fsp3) is 0.316. The number of nitrogens with zero attached hydrogens (tertiary/aromatic N) is 1. The van der Waals surface area contributed by atoms with E-state index in [2.05, 4.69) is 0 Å². The first-order chi connectivity index (χ1) is 12.2. The largest absolute Gasteiger partial charge is 0.383 e. The predicted octanol–water partition coefficient (Wildman–Crippen LogP) is 4.12. The van der Waals surface area contributed by atoms with Crippen LogP contribution in [0.2, 0.25) is 5.02 Å². The van der Waals surface area contributed by atoms with Crippen LogP contribution in [0.3, 0.4) is 0 Å². The Morgan fingerprint density at radius 2 is 1.77 bits per heavy atom. The molecule has 5 nitrogen and oxygen atoms in total. The van der Waals surface area contributed by atoms with E-state index in [1.807, 2.05) is 13.8 Å². The molecular weight excluding hydrogens is 374 g/mol. The van der Waals surface area contributed by atoms with E-state index < -0.39 is 10.1 Å². The second-order valence-corrected chi connectivity index (χ2v) is 8.08. The van der Waals surface area contributed by atoms with Crippen molar-refractivity contribution in [1.82, 2.24) is 4.90 Å². The fourth-order valence-electron chi connectivity index (χ4n) is 2.46. The van der Waals surface area contributed by atoms with Crippen molar-refractivity contribution in [3.05, 3.63) is 64.7 Å². The van der Waals surface area contributed by atoms with E-state index in [-0.39, 0.29) is 17.7 Å². The molecule has 0 aliphatic carbocycles. The maximum Gasteiger partial charge on any atom is 0.306 e. The van der Waals surface area contributed by atoms with E-state index in [9.17, 15) is 13.2 Å². The van der Waals surface area contributed by atoms with Gasteiger partial charge in [-0.2, -0.15) is 8.42 Å². The van der Waals surface area contributed by atoms with E-state index >= 15 is 0 Å². The molecule has 140 valence electrons. The van der Waals surface area contributed by atoms with Gasteiger partial charge < -0.3 is 9.08 Å². The molecule has 0 saturated heterocycles. The van der Waals surface area contributed by atoms with E-state index in [0.717, 1.165) is 18.2 Å². The SMILES string of the molecule is CCC(C)N(Cc1ccc(OS(C)(=O)=O)cc1)C(=O)c1ccccc1Cl. The van der Waals surface area contributed by atoms with Gasteiger partial charge >= 0.3 is 10.1 Å². The number of benzene rings is 2. The van der Waals surface area contributed by atoms with Crippen molar-refractivity contribution >= 4 is 27.6 Å². The quantitative estimate of drug-likeness (QED) is 0.661. The summed E-state index contributed by atoms with van der Waals surface area (Å²) in [7, 11) is -3.56.